The third-order valence-electron chi connectivity index (χ3n) is 12.7. The van der Waals surface area contributed by atoms with Crippen LogP contribution in [-0.2, 0) is 62.1 Å². The molecule has 0 saturated carbocycles. The van der Waals surface area contributed by atoms with Crippen molar-refractivity contribution in [3.8, 4) is 0 Å². The van der Waals surface area contributed by atoms with Crippen LogP contribution in [0, 0.1) is 5.92 Å². The molecular formula is C53H63BrO9Si. The Hall–Kier alpha value is -3.56. The van der Waals surface area contributed by atoms with Gasteiger partial charge in [-0.05, 0) is 45.9 Å². The third-order valence-corrected chi connectivity index (χ3v) is 18.7. The lowest BCUT2D eigenvalue weighted by atomic mass is 9.79. The number of fused-ring (bicyclic) bond motifs is 1. The predicted octanol–water partition coefficient (Wildman–Crippen LogP) is 8.99. The number of halogens is 1. The molecule has 11 heteroatoms. The Morgan fingerprint density at radius 2 is 1.03 bits per heavy atom. The standard InChI is InChI=1S/C53H63BrO9Si/c1-52(2,3)64(40-28-18-10-19-29-40,41-30-20-11-21-31-41)59-36-43-46-49(63-53(4,5)62-46)45(54)47(60-43)44-42(35-56-32-37-22-12-7-13-23-37)61-51(55-6)50(58-34-39-26-16-9-17-27-39)48(44)57-33-38-24-14-8-15-25-38/h7-31,42-51H,32-36H2,1-6H3/t42-,43-,44+,45+,46-,47+,48+,49-,50-,51+/m1/s1. The van der Waals surface area contributed by atoms with Crippen LogP contribution in [0.3, 0.4) is 0 Å². The minimum atomic E-state index is -2.98. The second-order valence-electron chi connectivity index (χ2n) is 18.5. The highest BCUT2D eigenvalue weighted by atomic mass is 79.9. The molecule has 64 heavy (non-hydrogen) atoms. The molecule has 3 aliphatic heterocycles. The number of hydrogen-bond acceptors (Lipinski definition) is 9. The highest BCUT2D eigenvalue weighted by Gasteiger charge is 2.61. The van der Waals surface area contributed by atoms with Crippen molar-refractivity contribution in [2.45, 2.75) is 119 Å². The van der Waals surface area contributed by atoms with Gasteiger partial charge in [0.15, 0.2) is 12.1 Å². The van der Waals surface area contributed by atoms with Crippen molar-refractivity contribution in [3.05, 3.63) is 168 Å². The fourth-order valence-corrected chi connectivity index (χ4v) is 15.2. The summed E-state index contributed by atoms with van der Waals surface area (Å²) in [6, 6.07) is 51.9. The SMILES string of the molecule is CO[C@H]1O[C@H](COCc2ccccc2)[C@@H]([C@@H]2O[C@H](CO[Si](c3ccccc3)(c3ccccc3)C(C)(C)C)[C@H]3OC(C)(C)O[C@@H]3[C@H]2Br)[C@H](OCc2ccccc2)[C@H]1OCc1ccccc1. The topological polar surface area (TPSA) is 83.1 Å². The number of methoxy groups -OCH3 is 1. The Morgan fingerprint density at radius 1 is 0.562 bits per heavy atom. The van der Waals surface area contributed by atoms with Gasteiger partial charge in [0.05, 0.1) is 56.2 Å². The van der Waals surface area contributed by atoms with Crippen molar-refractivity contribution in [2.75, 3.05) is 20.3 Å². The molecule has 10 atom stereocenters. The summed E-state index contributed by atoms with van der Waals surface area (Å²) in [5, 5.41) is 2.13. The Morgan fingerprint density at radius 3 is 1.53 bits per heavy atom. The van der Waals surface area contributed by atoms with Gasteiger partial charge in [-0.1, -0.05) is 188 Å². The van der Waals surface area contributed by atoms with Gasteiger partial charge in [-0.2, -0.15) is 0 Å². The average Bonchev–Trinajstić information content (AvgIpc) is 3.65. The second kappa shape index (κ2) is 20.9. The van der Waals surface area contributed by atoms with Crippen molar-refractivity contribution in [1.29, 1.82) is 0 Å². The summed E-state index contributed by atoms with van der Waals surface area (Å²) in [5.41, 5.74) is 3.12. The predicted molar refractivity (Wildman–Crippen MR) is 254 cm³/mol. The van der Waals surface area contributed by atoms with Crippen molar-refractivity contribution >= 4 is 34.6 Å². The van der Waals surface area contributed by atoms with Crippen molar-refractivity contribution in [2.24, 2.45) is 5.92 Å². The smallest absolute Gasteiger partial charge is 0.261 e. The normalized spacial score (nSPS) is 28.1. The van der Waals surface area contributed by atoms with Crippen molar-refractivity contribution in [1.82, 2.24) is 0 Å². The number of rotatable bonds is 17. The van der Waals surface area contributed by atoms with Gasteiger partial charge >= 0.3 is 0 Å². The fraction of sp³-hybridized carbons (Fsp3) is 0.434. The maximum absolute atomic E-state index is 7.60. The molecule has 0 unspecified atom stereocenters. The highest BCUT2D eigenvalue weighted by molar-refractivity contribution is 9.09. The molecule has 3 heterocycles. The van der Waals surface area contributed by atoms with Crippen molar-refractivity contribution < 1.29 is 42.3 Å². The molecule has 0 radical (unpaired) electrons. The van der Waals surface area contributed by atoms with Crippen LogP contribution in [-0.4, -0.2) is 88.3 Å². The molecule has 0 aromatic heterocycles. The van der Waals surface area contributed by atoms with Crippen LogP contribution < -0.4 is 10.4 Å². The molecule has 9 nitrogen and oxygen atoms in total. The maximum atomic E-state index is 7.60. The van der Waals surface area contributed by atoms with Gasteiger partial charge in [0.25, 0.3) is 8.32 Å². The van der Waals surface area contributed by atoms with E-state index in [-0.39, 0.29) is 23.1 Å². The summed E-state index contributed by atoms with van der Waals surface area (Å²) in [6.07, 6.45) is -4.44. The molecule has 0 bridgehead atoms. The van der Waals surface area contributed by atoms with Crippen LogP contribution in [0.15, 0.2) is 152 Å². The molecule has 3 aliphatic rings. The Labute approximate surface area is 388 Å². The van der Waals surface area contributed by atoms with E-state index in [1.54, 1.807) is 7.11 Å². The molecule has 8 rings (SSSR count). The highest BCUT2D eigenvalue weighted by Crippen LogP contribution is 2.47. The molecular weight excluding hydrogens is 889 g/mol. The van der Waals surface area contributed by atoms with E-state index < -0.39 is 69.0 Å². The molecule has 340 valence electrons. The van der Waals surface area contributed by atoms with Gasteiger partial charge in [0, 0.05) is 13.0 Å². The summed E-state index contributed by atoms with van der Waals surface area (Å²) >= 11 is 4.17. The first-order valence-electron chi connectivity index (χ1n) is 22.5. The van der Waals surface area contributed by atoms with Gasteiger partial charge in [0.1, 0.15) is 24.4 Å². The molecule has 5 aromatic carbocycles. The number of benzene rings is 5. The molecule has 0 aliphatic carbocycles. The lowest BCUT2D eigenvalue weighted by Gasteiger charge is -2.52. The lowest BCUT2D eigenvalue weighted by molar-refractivity contribution is -0.322. The second-order valence-corrected chi connectivity index (χ2v) is 23.9. The van der Waals surface area contributed by atoms with Gasteiger partial charge in [-0.15, -0.1) is 0 Å². The van der Waals surface area contributed by atoms with E-state index in [1.807, 2.05) is 68.4 Å². The number of alkyl halides is 1. The van der Waals surface area contributed by atoms with E-state index in [4.69, 9.17) is 42.3 Å². The zero-order valence-corrected chi connectivity index (χ0v) is 40.4. The van der Waals surface area contributed by atoms with Gasteiger partial charge in [-0.3, -0.25) is 0 Å². The monoisotopic (exact) mass is 950 g/mol. The minimum Gasteiger partial charge on any atom is -0.405 e. The van der Waals surface area contributed by atoms with Crippen molar-refractivity contribution in [3.63, 3.8) is 0 Å². The summed E-state index contributed by atoms with van der Waals surface area (Å²) in [7, 11) is -1.33. The summed E-state index contributed by atoms with van der Waals surface area (Å²) < 4.78 is 62.4. The average molecular weight is 952 g/mol. The molecule has 0 amide bonds. The van der Waals surface area contributed by atoms with Crippen LogP contribution in [0.2, 0.25) is 5.04 Å². The van der Waals surface area contributed by atoms with Gasteiger partial charge in [-0.25, -0.2) is 0 Å². The van der Waals surface area contributed by atoms with Crippen LogP contribution in [0.5, 0.6) is 0 Å². The summed E-state index contributed by atoms with van der Waals surface area (Å²) in [4.78, 5) is -0.342. The molecule has 5 aromatic rings. The third kappa shape index (κ3) is 10.5. The van der Waals surface area contributed by atoms with E-state index in [9.17, 15) is 0 Å². The van der Waals surface area contributed by atoms with E-state index in [2.05, 4.69) is 134 Å². The number of ether oxygens (including phenoxy) is 8. The fourth-order valence-electron chi connectivity index (χ4n) is 9.74. The largest absolute Gasteiger partial charge is 0.405 e. The Balaban J connectivity index is 1.19. The lowest BCUT2D eigenvalue weighted by Crippen LogP contribution is -2.69. The Kier molecular flexibility index (Phi) is 15.4. The van der Waals surface area contributed by atoms with Crippen LogP contribution >= 0.6 is 15.9 Å². The first-order valence-corrected chi connectivity index (χ1v) is 25.3. The molecule has 3 fully saturated rings. The van der Waals surface area contributed by atoms with Gasteiger partial charge < -0.3 is 42.3 Å². The Bertz CT molecular complexity index is 2120. The first-order chi connectivity index (χ1) is 31.0. The summed E-state index contributed by atoms with van der Waals surface area (Å²) in [5.74, 6) is -1.32. The zero-order valence-electron chi connectivity index (χ0n) is 37.8. The zero-order chi connectivity index (χ0) is 44.7. The van der Waals surface area contributed by atoms with E-state index in [0.29, 0.717) is 19.8 Å². The van der Waals surface area contributed by atoms with Crippen LogP contribution in [0.1, 0.15) is 51.3 Å². The van der Waals surface area contributed by atoms with Gasteiger partial charge in [0.2, 0.25) is 0 Å². The molecule has 3 saturated heterocycles. The molecule has 0 spiro atoms. The van der Waals surface area contributed by atoms with E-state index in [0.717, 1.165) is 16.7 Å². The van der Waals surface area contributed by atoms with E-state index in [1.165, 1.54) is 10.4 Å². The minimum absolute atomic E-state index is 0.246. The quantitative estimate of drug-likeness (QED) is 0.0671. The first kappa shape index (κ1) is 46.9. The maximum Gasteiger partial charge on any atom is 0.261 e. The molecule has 0 N–H and O–H groups in total. The van der Waals surface area contributed by atoms with Crippen LogP contribution in [0.4, 0.5) is 0 Å². The number of hydrogen-bond donors (Lipinski definition) is 0. The van der Waals surface area contributed by atoms with Crippen LogP contribution in [0.25, 0.3) is 0 Å². The summed E-state index contributed by atoms with van der Waals surface area (Å²) in [6.45, 7) is 12.4. The van der Waals surface area contributed by atoms with E-state index >= 15 is 0 Å².